The molecule has 136 valence electrons. The molecule has 0 bridgehead atoms. The molecule has 27 heavy (non-hydrogen) atoms. The van der Waals surface area contributed by atoms with E-state index in [-0.39, 0.29) is 5.91 Å². The number of carbonyl (C=O) groups excluding carboxylic acids is 1. The van der Waals surface area contributed by atoms with Crippen LogP contribution in [0.5, 0.6) is 5.75 Å². The lowest BCUT2D eigenvalue weighted by atomic mass is 9.75. The Morgan fingerprint density at radius 2 is 1.85 bits per heavy atom. The molecule has 7 heteroatoms. The van der Waals surface area contributed by atoms with Gasteiger partial charge in [-0.1, -0.05) is 11.6 Å². The summed E-state index contributed by atoms with van der Waals surface area (Å²) in [6.07, 6.45) is 2.47. The van der Waals surface area contributed by atoms with E-state index in [0.717, 1.165) is 24.9 Å². The van der Waals surface area contributed by atoms with Gasteiger partial charge in [0, 0.05) is 16.8 Å². The summed E-state index contributed by atoms with van der Waals surface area (Å²) in [7, 11) is 1.50. The number of nitriles is 1. The number of hydrogen-bond acceptors (Lipinski definition) is 4. The number of anilines is 2. The van der Waals surface area contributed by atoms with E-state index in [0.29, 0.717) is 27.1 Å². The molecular formula is C20H16ClN3O2S. The minimum absolute atomic E-state index is 0.0412. The van der Waals surface area contributed by atoms with Gasteiger partial charge in [0.2, 0.25) is 0 Å². The number of hydrogen-bond donors (Lipinski definition) is 0. The predicted molar refractivity (Wildman–Crippen MR) is 108 cm³/mol. The molecule has 2 aromatic carbocycles. The van der Waals surface area contributed by atoms with Crippen LogP contribution in [0.15, 0.2) is 42.5 Å². The molecule has 2 aromatic rings. The van der Waals surface area contributed by atoms with Gasteiger partial charge < -0.3 is 9.64 Å². The van der Waals surface area contributed by atoms with Crippen molar-refractivity contribution in [1.82, 2.24) is 0 Å². The summed E-state index contributed by atoms with van der Waals surface area (Å²) in [5.41, 5.74) is 1.21. The first-order chi connectivity index (χ1) is 13.0. The van der Waals surface area contributed by atoms with Crippen molar-refractivity contribution in [2.75, 3.05) is 16.9 Å². The van der Waals surface area contributed by atoms with Crippen molar-refractivity contribution in [1.29, 1.82) is 5.26 Å². The highest BCUT2D eigenvalue weighted by Crippen LogP contribution is 2.48. The maximum absolute atomic E-state index is 13.4. The molecule has 1 heterocycles. The smallest absolute Gasteiger partial charge is 0.259 e. The summed E-state index contributed by atoms with van der Waals surface area (Å²) in [6.45, 7) is 0. The van der Waals surface area contributed by atoms with E-state index in [1.807, 2.05) is 17.0 Å². The zero-order valence-corrected chi connectivity index (χ0v) is 16.2. The standard InChI is InChI=1S/C20H16ClN3O2S/c1-26-17-11-16(6-3-13(17)12-22)23-18(25)20(9-2-10-20)24(19(23)27)15-7-4-14(21)5-8-15/h3-8,11H,2,9-10H2,1H3. The van der Waals surface area contributed by atoms with E-state index in [2.05, 4.69) is 6.07 Å². The third kappa shape index (κ3) is 2.58. The van der Waals surface area contributed by atoms with Crippen LogP contribution in [0.1, 0.15) is 24.8 Å². The summed E-state index contributed by atoms with van der Waals surface area (Å²) in [5.74, 6) is 0.374. The fourth-order valence-corrected chi connectivity index (χ4v) is 4.30. The van der Waals surface area contributed by atoms with Crippen molar-refractivity contribution in [3.63, 3.8) is 0 Å². The van der Waals surface area contributed by atoms with Gasteiger partial charge in [0.05, 0.1) is 18.4 Å². The minimum atomic E-state index is -0.647. The first-order valence-corrected chi connectivity index (χ1v) is 9.33. The van der Waals surface area contributed by atoms with Gasteiger partial charge in [-0.15, -0.1) is 0 Å². The Kier molecular flexibility index (Phi) is 4.29. The molecule has 2 fully saturated rings. The largest absolute Gasteiger partial charge is 0.495 e. The first kappa shape index (κ1) is 17.8. The average molecular weight is 398 g/mol. The number of thiocarbonyl (C=S) groups is 1. The van der Waals surface area contributed by atoms with E-state index in [1.54, 1.807) is 35.2 Å². The molecule has 0 aromatic heterocycles. The normalized spacial score (nSPS) is 17.8. The lowest BCUT2D eigenvalue weighted by molar-refractivity contribution is -0.123. The second-order valence-electron chi connectivity index (χ2n) is 6.62. The van der Waals surface area contributed by atoms with Gasteiger partial charge >= 0.3 is 0 Å². The Labute approximate surface area is 167 Å². The van der Waals surface area contributed by atoms with Crippen LogP contribution in [0.2, 0.25) is 5.02 Å². The van der Waals surface area contributed by atoms with E-state index in [1.165, 1.54) is 7.11 Å². The number of methoxy groups -OCH3 is 1. The highest BCUT2D eigenvalue weighted by atomic mass is 35.5. The number of rotatable bonds is 3. The molecule has 0 N–H and O–H groups in total. The van der Waals surface area contributed by atoms with Gasteiger partial charge in [0.25, 0.3) is 5.91 Å². The van der Waals surface area contributed by atoms with Gasteiger partial charge in [0.1, 0.15) is 17.4 Å². The Balaban J connectivity index is 1.80. The van der Waals surface area contributed by atoms with Crippen molar-refractivity contribution in [2.45, 2.75) is 24.8 Å². The second-order valence-corrected chi connectivity index (χ2v) is 7.42. The summed E-state index contributed by atoms with van der Waals surface area (Å²) in [4.78, 5) is 16.9. The molecule has 0 atom stereocenters. The third-order valence-corrected chi connectivity index (χ3v) is 5.86. The van der Waals surface area contributed by atoms with Crippen molar-refractivity contribution in [2.24, 2.45) is 0 Å². The number of ether oxygens (including phenoxy) is 1. The molecule has 0 unspecified atom stereocenters. The van der Waals surface area contributed by atoms with Gasteiger partial charge in [-0.05, 0) is 67.9 Å². The van der Waals surface area contributed by atoms with Gasteiger partial charge in [-0.2, -0.15) is 5.26 Å². The zero-order valence-electron chi connectivity index (χ0n) is 14.6. The molecule has 0 radical (unpaired) electrons. The van der Waals surface area contributed by atoms with Gasteiger partial charge in [-0.3, -0.25) is 9.69 Å². The molecular weight excluding hydrogens is 382 g/mol. The van der Waals surface area contributed by atoms with E-state index >= 15 is 0 Å². The molecule has 2 aliphatic rings. The average Bonchev–Trinajstić information content (AvgIpc) is 2.89. The van der Waals surface area contributed by atoms with Crippen LogP contribution in [-0.2, 0) is 4.79 Å². The number of nitrogens with zero attached hydrogens (tertiary/aromatic N) is 3. The molecule has 1 aliphatic carbocycles. The minimum Gasteiger partial charge on any atom is -0.495 e. The zero-order chi connectivity index (χ0) is 19.2. The van der Waals surface area contributed by atoms with Crippen LogP contribution < -0.4 is 14.5 Å². The monoisotopic (exact) mass is 397 g/mol. The Morgan fingerprint density at radius 1 is 1.19 bits per heavy atom. The molecule has 1 saturated carbocycles. The quantitative estimate of drug-likeness (QED) is 0.723. The third-order valence-electron chi connectivity index (χ3n) is 5.24. The van der Waals surface area contributed by atoms with Crippen LogP contribution in [0.25, 0.3) is 0 Å². The van der Waals surface area contributed by atoms with Crippen LogP contribution in [0.3, 0.4) is 0 Å². The molecule has 1 aliphatic heterocycles. The van der Waals surface area contributed by atoms with E-state index in [4.69, 9.17) is 28.6 Å². The van der Waals surface area contributed by atoms with Crippen LogP contribution in [0.4, 0.5) is 11.4 Å². The van der Waals surface area contributed by atoms with Gasteiger partial charge in [0.15, 0.2) is 5.11 Å². The highest BCUT2D eigenvalue weighted by Gasteiger charge is 2.59. The Hall–Kier alpha value is -2.62. The highest BCUT2D eigenvalue weighted by molar-refractivity contribution is 7.81. The van der Waals surface area contributed by atoms with Crippen molar-refractivity contribution in [3.05, 3.63) is 53.1 Å². The first-order valence-electron chi connectivity index (χ1n) is 8.54. The molecule has 1 saturated heterocycles. The number of amides is 1. The summed E-state index contributed by atoms with van der Waals surface area (Å²) >= 11 is 11.7. The predicted octanol–water partition coefficient (Wildman–Crippen LogP) is 4.28. The van der Waals surface area contributed by atoms with Gasteiger partial charge in [-0.25, -0.2) is 0 Å². The number of halogens is 1. The van der Waals surface area contributed by atoms with Crippen LogP contribution in [0, 0.1) is 11.3 Å². The molecule has 4 rings (SSSR count). The molecule has 5 nitrogen and oxygen atoms in total. The Bertz CT molecular complexity index is 980. The lowest BCUT2D eigenvalue weighted by Crippen LogP contribution is -2.55. The fourth-order valence-electron chi connectivity index (χ4n) is 3.71. The SMILES string of the molecule is COc1cc(N2C(=O)C3(CCC3)N(c3ccc(Cl)cc3)C2=S)ccc1C#N. The maximum Gasteiger partial charge on any atom is 0.259 e. The van der Waals surface area contributed by atoms with Crippen molar-refractivity contribution in [3.8, 4) is 11.8 Å². The molecule has 1 spiro atoms. The number of benzene rings is 2. The Morgan fingerprint density at radius 3 is 2.41 bits per heavy atom. The van der Waals surface area contributed by atoms with E-state index < -0.39 is 5.54 Å². The summed E-state index contributed by atoms with van der Waals surface area (Å²) in [5, 5.41) is 10.3. The van der Waals surface area contributed by atoms with Crippen molar-refractivity contribution >= 4 is 46.2 Å². The maximum atomic E-state index is 13.4. The molecule has 1 amide bonds. The van der Waals surface area contributed by atoms with Crippen molar-refractivity contribution < 1.29 is 9.53 Å². The second kappa shape index (κ2) is 6.52. The number of carbonyl (C=O) groups is 1. The summed E-state index contributed by atoms with van der Waals surface area (Å²) in [6, 6.07) is 14.5. The van der Waals surface area contributed by atoms with Crippen LogP contribution >= 0.6 is 23.8 Å². The topological polar surface area (TPSA) is 56.6 Å². The fraction of sp³-hybridized carbons (Fsp3) is 0.250. The summed E-state index contributed by atoms with van der Waals surface area (Å²) < 4.78 is 5.29. The lowest BCUT2D eigenvalue weighted by Gasteiger charge is -2.43. The van der Waals surface area contributed by atoms with Crippen LogP contribution in [-0.4, -0.2) is 23.7 Å². The van der Waals surface area contributed by atoms with E-state index in [9.17, 15) is 10.1 Å².